The van der Waals surface area contributed by atoms with Gasteiger partial charge in [-0.25, -0.2) is 4.79 Å². The van der Waals surface area contributed by atoms with Crippen molar-refractivity contribution >= 4 is 23.2 Å². The number of allylic oxidation sites excluding steroid dienone is 4. The Morgan fingerprint density at radius 2 is 1.86 bits per heavy atom. The van der Waals surface area contributed by atoms with Crippen molar-refractivity contribution in [1.29, 1.82) is 0 Å². The van der Waals surface area contributed by atoms with Crippen LogP contribution in [-0.2, 0) is 4.74 Å². The van der Waals surface area contributed by atoms with Gasteiger partial charge in [0.15, 0.2) is 5.69 Å². The van der Waals surface area contributed by atoms with Gasteiger partial charge in [-0.1, -0.05) is 12.7 Å². The number of carbonyl (C=O) groups is 1. The number of benzene rings is 1. The van der Waals surface area contributed by atoms with E-state index in [1.165, 1.54) is 0 Å². The lowest BCUT2D eigenvalue weighted by Gasteiger charge is -2.31. The molecule has 0 aromatic heterocycles. The number of nitroso groups, excluding NO2 is 1. The zero-order chi connectivity index (χ0) is 21.1. The number of carbonyl (C=O) groups excluding carboxylic acids is 1. The summed E-state index contributed by atoms with van der Waals surface area (Å²) < 4.78 is 6.39. The molecular formula is C21H25N4O4+. The average molecular weight is 397 g/mol. The third kappa shape index (κ3) is 4.27. The molecule has 0 radical (unpaired) electrons. The molecule has 29 heavy (non-hydrogen) atoms. The van der Waals surface area contributed by atoms with Gasteiger partial charge in [0.1, 0.15) is 0 Å². The minimum atomic E-state index is -0.493. The predicted molar refractivity (Wildman–Crippen MR) is 110 cm³/mol. The molecule has 8 heteroatoms. The second kappa shape index (κ2) is 8.40. The van der Waals surface area contributed by atoms with E-state index in [-0.39, 0.29) is 22.8 Å². The monoisotopic (exact) mass is 397 g/mol. The zero-order valence-electron chi connectivity index (χ0n) is 16.9. The van der Waals surface area contributed by atoms with Crippen LogP contribution in [0.3, 0.4) is 0 Å². The maximum absolute atomic E-state index is 12.6. The van der Waals surface area contributed by atoms with Crippen LogP contribution in [0.1, 0.15) is 11.1 Å². The molecule has 0 spiro atoms. The number of hydrogen-bond donors (Lipinski definition) is 1. The average Bonchev–Trinajstić information content (AvgIpc) is 2.70. The van der Waals surface area contributed by atoms with E-state index in [0.717, 1.165) is 29.0 Å². The van der Waals surface area contributed by atoms with Crippen LogP contribution < -0.4 is 0 Å². The summed E-state index contributed by atoms with van der Waals surface area (Å²) in [7, 11) is 2.00. The highest BCUT2D eigenvalue weighted by Crippen LogP contribution is 2.32. The first-order valence-corrected chi connectivity index (χ1v) is 9.35. The predicted octanol–water partition coefficient (Wildman–Crippen LogP) is 3.57. The van der Waals surface area contributed by atoms with Gasteiger partial charge in [-0.3, -0.25) is 5.21 Å². The summed E-state index contributed by atoms with van der Waals surface area (Å²) in [5, 5.41) is 13.9. The van der Waals surface area contributed by atoms with Gasteiger partial charge in [-0.05, 0) is 55.4 Å². The highest BCUT2D eigenvalue weighted by atomic mass is 16.6. The topological polar surface area (TPSA) is 85.4 Å². The fourth-order valence-electron chi connectivity index (χ4n) is 3.19. The molecule has 3 rings (SSSR count). The second-order valence-corrected chi connectivity index (χ2v) is 7.25. The van der Waals surface area contributed by atoms with Gasteiger partial charge >= 0.3 is 11.8 Å². The van der Waals surface area contributed by atoms with Gasteiger partial charge in [0.25, 0.3) is 5.69 Å². The smallest absolute Gasteiger partial charge is 0.403 e. The fraction of sp³-hybridized carbons (Fsp3) is 0.333. The Kier molecular flexibility index (Phi) is 5.93. The van der Waals surface area contributed by atoms with E-state index in [1.807, 2.05) is 20.9 Å². The van der Waals surface area contributed by atoms with Crippen LogP contribution in [0.5, 0.6) is 0 Å². The quantitative estimate of drug-likeness (QED) is 0.365. The van der Waals surface area contributed by atoms with E-state index in [0.29, 0.717) is 18.7 Å². The van der Waals surface area contributed by atoms with Crippen molar-refractivity contribution in [2.45, 2.75) is 13.8 Å². The minimum absolute atomic E-state index is 0.0789. The third-order valence-electron chi connectivity index (χ3n) is 5.17. The lowest BCUT2D eigenvalue weighted by Crippen LogP contribution is -2.47. The molecule has 2 aliphatic rings. The molecule has 1 aromatic carbocycles. The second-order valence-electron chi connectivity index (χ2n) is 7.25. The summed E-state index contributed by atoms with van der Waals surface area (Å²) >= 11 is 0. The molecule has 0 atom stereocenters. The van der Waals surface area contributed by atoms with E-state index in [2.05, 4.69) is 16.7 Å². The lowest BCUT2D eigenvalue weighted by molar-refractivity contribution is -0.712. The van der Waals surface area contributed by atoms with Gasteiger partial charge in [-0.15, -0.1) is 4.91 Å². The molecule has 1 aliphatic carbocycles. The first-order valence-electron chi connectivity index (χ1n) is 9.35. The molecule has 0 unspecified atom stereocenters. The van der Waals surface area contributed by atoms with Crippen LogP contribution in [-0.4, -0.2) is 64.8 Å². The molecule has 0 saturated carbocycles. The number of aryl methyl sites for hydroxylation is 2. The largest absolute Gasteiger partial charge is 0.415 e. The fourth-order valence-corrected chi connectivity index (χ4v) is 3.19. The Balaban J connectivity index is 1.96. The van der Waals surface area contributed by atoms with Crippen molar-refractivity contribution in [1.82, 2.24) is 9.80 Å². The van der Waals surface area contributed by atoms with Crippen molar-refractivity contribution in [3.8, 4) is 0 Å². The normalized spacial score (nSPS) is 19.1. The van der Waals surface area contributed by atoms with Gasteiger partial charge in [-0.2, -0.15) is 0 Å². The third-order valence-corrected chi connectivity index (χ3v) is 5.17. The van der Waals surface area contributed by atoms with Crippen LogP contribution in [0.25, 0.3) is 0 Å². The molecule has 1 aliphatic heterocycles. The van der Waals surface area contributed by atoms with Gasteiger partial charge < -0.3 is 14.5 Å². The molecule has 0 bridgehead atoms. The first kappa shape index (κ1) is 20.5. The summed E-state index contributed by atoms with van der Waals surface area (Å²) in [5.74, 6) is 0.152. The van der Waals surface area contributed by atoms with Crippen molar-refractivity contribution < 1.29 is 19.5 Å². The van der Waals surface area contributed by atoms with Crippen molar-refractivity contribution in [3.05, 3.63) is 64.3 Å². The summed E-state index contributed by atoms with van der Waals surface area (Å²) in [6.45, 7) is 10.3. The van der Waals surface area contributed by atoms with E-state index in [4.69, 9.17) is 4.74 Å². The van der Waals surface area contributed by atoms with Crippen molar-refractivity contribution in [2.24, 2.45) is 5.18 Å². The van der Waals surface area contributed by atoms with Gasteiger partial charge in [0, 0.05) is 42.6 Å². The number of piperazine rings is 1. The van der Waals surface area contributed by atoms with E-state index in [1.54, 1.807) is 35.3 Å². The van der Waals surface area contributed by atoms with Gasteiger partial charge in [0.2, 0.25) is 5.76 Å². The molecule has 1 saturated heterocycles. The Hall–Kier alpha value is -3.26. The number of ether oxygens (including phenoxy) is 1. The Morgan fingerprint density at radius 3 is 2.52 bits per heavy atom. The molecular weight excluding hydrogens is 372 g/mol. The summed E-state index contributed by atoms with van der Waals surface area (Å²) in [4.78, 5) is 27.7. The molecule has 1 amide bonds. The summed E-state index contributed by atoms with van der Waals surface area (Å²) in [5.41, 5.74) is 2.64. The lowest BCUT2D eigenvalue weighted by atomic mass is 10.0. The standard InChI is InChI=1S/C21H25N4O4/c1-14-6-5-7-19(29-21(26)24-10-8-23(4)9-11-24)20(14)25(28)18-13-16(3)15(2)12-17(18)22-27/h5-7,12-13,28H,1,8-11H2,2-4H3/q+1/b25-20-. The Labute approximate surface area is 169 Å². The molecule has 1 heterocycles. The molecule has 1 fully saturated rings. The molecule has 8 nitrogen and oxygen atoms in total. The van der Waals surface area contributed by atoms with Crippen LogP contribution >= 0.6 is 0 Å². The van der Waals surface area contributed by atoms with E-state index in [9.17, 15) is 14.9 Å². The first-order chi connectivity index (χ1) is 13.8. The van der Waals surface area contributed by atoms with Crippen LogP contribution in [0.15, 0.2) is 53.4 Å². The van der Waals surface area contributed by atoms with E-state index >= 15 is 0 Å². The number of rotatable bonds is 3. The molecule has 1 N–H and O–H groups in total. The van der Waals surface area contributed by atoms with Crippen molar-refractivity contribution in [3.63, 3.8) is 0 Å². The van der Waals surface area contributed by atoms with Crippen LogP contribution in [0.4, 0.5) is 16.2 Å². The van der Waals surface area contributed by atoms with Gasteiger partial charge in [0.05, 0.1) is 0 Å². The number of amides is 1. The van der Waals surface area contributed by atoms with E-state index < -0.39 is 6.09 Å². The number of hydrogen-bond acceptors (Lipinski definition) is 6. The minimum Gasteiger partial charge on any atom is -0.403 e. The SMILES string of the molecule is C=C1C=CC=C(OC(=O)N2CCN(C)CC2)/C1=[N+](\O)c1cc(C)c(C)cc1N=O. The maximum Gasteiger partial charge on any atom is 0.415 e. The zero-order valence-corrected chi connectivity index (χ0v) is 16.9. The number of nitrogens with zero attached hydrogens (tertiary/aromatic N) is 4. The highest BCUT2D eigenvalue weighted by Gasteiger charge is 2.33. The number of likely N-dealkylation sites (N-methyl/N-ethyl adjacent to an activating group) is 1. The Morgan fingerprint density at radius 1 is 1.21 bits per heavy atom. The van der Waals surface area contributed by atoms with Crippen LogP contribution in [0.2, 0.25) is 0 Å². The summed E-state index contributed by atoms with van der Waals surface area (Å²) in [6.07, 6.45) is 4.45. The van der Waals surface area contributed by atoms with Crippen molar-refractivity contribution in [2.75, 3.05) is 33.2 Å². The summed E-state index contributed by atoms with van der Waals surface area (Å²) in [6, 6.07) is 3.26. The molecule has 152 valence electrons. The Bertz CT molecular complexity index is 954. The van der Waals surface area contributed by atoms with Crippen LogP contribution in [0, 0.1) is 18.8 Å². The maximum atomic E-state index is 12.6. The highest BCUT2D eigenvalue weighted by molar-refractivity contribution is 6.11. The molecule has 1 aromatic rings.